The van der Waals surface area contributed by atoms with Crippen molar-refractivity contribution in [2.45, 2.75) is 22.5 Å². The number of aliphatic hydroxyl groups is 1. The fourth-order valence-corrected chi connectivity index (χ4v) is 5.95. The van der Waals surface area contributed by atoms with Gasteiger partial charge in [0.15, 0.2) is 4.75 Å². The van der Waals surface area contributed by atoms with Gasteiger partial charge in [-0.2, -0.15) is 5.26 Å². The van der Waals surface area contributed by atoms with Gasteiger partial charge in [0.25, 0.3) is 0 Å². The van der Waals surface area contributed by atoms with Gasteiger partial charge in [-0.25, -0.2) is 8.42 Å². The minimum absolute atomic E-state index is 0.166. The third-order valence-corrected chi connectivity index (χ3v) is 8.16. The predicted octanol–water partition coefficient (Wildman–Crippen LogP) is 2.27. The molecule has 0 aliphatic carbocycles. The number of nitrogens with zero attached hydrogens (tertiary/aromatic N) is 3. The molecular formula is C23H29N3O3S. The molecule has 30 heavy (non-hydrogen) atoms. The first-order valence-electron chi connectivity index (χ1n) is 10.4. The second-order valence-electron chi connectivity index (χ2n) is 7.63. The summed E-state index contributed by atoms with van der Waals surface area (Å²) in [4.78, 5) is 4.70. The Balaban J connectivity index is 1.79. The van der Waals surface area contributed by atoms with E-state index >= 15 is 0 Å². The van der Waals surface area contributed by atoms with Crippen molar-refractivity contribution < 1.29 is 13.5 Å². The molecule has 0 saturated carbocycles. The van der Waals surface area contributed by atoms with Crippen molar-refractivity contribution in [1.82, 2.24) is 9.80 Å². The van der Waals surface area contributed by atoms with E-state index in [9.17, 15) is 13.7 Å². The van der Waals surface area contributed by atoms with Crippen molar-refractivity contribution in [2.24, 2.45) is 0 Å². The molecule has 2 aromatic carbocycles. The van der Waals surface area contributed by atoms with Gasteiger partial charge in [0.2, 0.25) is 9.84 Å². The highest BCUT2D eigenvalue weighted by molar-refractivity contribution is 7.92. The molecule has 1 atom stereocenters. The Morgan fingerprint density at radius 2 is 1.43 bits per heavy atom. The van der Waals surface area contributed by atoms with Crippen LogP contribution in [0.5, 0.6) is 0 Å². The van der Waals surface area contributed by atoms with E-state index in [-0.39, 0.29) is 17.9 Å². The zero-order valence-corrected chi connectivity index (χ0v) is 18.0. The monoisotopic (exact) mass is 427 g/mol. The molecule has 1 N–H and O–H groups in total. The fraction of sp³-hybridized carbons (Fsp3) is 0.435. The lowest BCUT2D eigenvalue weighted by atomic mass is 9.94. The largest absolute Gasteiger partial charge is 0.395 e. The first kappa shape index (κ1) is 22.4. The number of nitriles is 1. The van der Waals surface area contributed by atoms with Crippen molar-refractivity contribution in [3.8, 4) is 6.07 Å². The molecule has 1 aliphatic rings. The number of benzene rings is 2. The number of sulfone groups is 1. The van der Waals surface area contributed by atoms with Crippen LogP contribution in [-0.4, -0.2) is 69.2 Å². The van der Waals surface area contributed by atoms with Crippen LogP contribution >= 0.6 is 0 Å². The summed E-state index contributed by atoms with van der Waals surface area (Å²) in [5, 5.41) is 19.3. The van der Waals surface area contributed by atoms with E-state index in [1.54, 1.807) is 54.6 Å². The second kappa shape index (κ2) is 10.2. The van der Waals surface area contributed by atoms with Crippen molar-refractivity contribution in [2.75, 3.05) is 45.9 Å². The average molecular weight is 428 g/mol. The van der Waals surface area contributed by atoms with Crippen LogP contribution in [0, 0.1) is 11.3 Å². The normalized spacial score (nSPS) is 17.9. The van der Waals surface area contributed by atoms with E-state index in [1.807, 2.05) is 6.07 Å². The topological polar surface area (TPSA) is 84.6 Å². The van der Waals surface area contributed by atoms with Crippen LogP contribution in [0.4, 0.5) is 0 Å². The van der Waals surface area contributed by atoms with E-state index in [0.717, 1.165) is 32.7 Å². The van der Waals surface area contributed by atoms with Crippen LogP contribution in [0.2, 0.25) is 0 Å². The van der Waals surface area contributed by atoms with Gasteiger partial charge in [0.1, 0.15) is 0 Å². The van der Waals surface area contributed by atoms with Crippen molar-refractivity contribution >= 4 is 9.84 Å². The molecule has 0 bridgehead atoms. The lowest BCUT2D eigenvalue weighted by Crippen LogP contribution is -2.47. The Morgan fingerprint density at radius 1 is 0.900 bits per heavy atom. The van der Waals surface area contributed by atoms with E-state index in [4.69, 9.17) is 5.11 Å². The van der Waals surface area contributed by atoms with Crippen LogP contribution in [-0.2, 0) is 14.6 Å². The first-order chi connectivity index (χ1) is 14.5. The van der Waals surface area contributed by atoms with Gasteiger partial charge in [-0.3, -0.25) is 4.90 Å². The van der Waals surface area contributed by atoms with Gasteiger partial charge in [-0.1, -0.05) is 48.5 Å². The molecule has 1 fully saturated rings. The standard InChI is InChI=1S/C23H29N3O3S/c24-20-23(21-8-3-1-4-9-21,30(28,29)22-10-5-2-6-11-22)12-7-13-25-14-16-26(17-15-25)18-19-27/h1-6,8-11,27H,7,12-19H2. The molecule has 160 valence electrons. The molecule has 1 heterocycles. The Hall–Kier alpha value is -2.24. The quantitative estimate of drug-likeness (QED) is 0.661. The second-order valence-corrected chi connectivity index (χ2v) is 9.81. The van der Waals surface area contributed by atoms with Crippen LogP contribution in [0.1, 0.15) is 18.4 Å². The third kappa shape index (κ3) is 4.73. The lowest BCUT2D eigenvalue weighted by Gasteiger charge is -2.35. The van der Waals surface area contributed by atoms with E-state index in [2.05, 4.69) is 15.9 Å². The van der Waals surface area contributed by atoms with Crippen LogP contribution < -0.4 is 0 Å². The van der Waals surface area contributed by atoms with Crippen molar-refractivity contribution in [1.29, 1.82) is 5.26 Å². The number of rotatable bonds is 9. The molecule has 0 radical (unpaired) electrons. The zero-order chi connectivity index (χ0) is 21.5. The fourth-order valence-electron chi connectivity index (χ4n) is 4.05. The van der Waals surface area contributed by atoms with Gasteiger partial charge < -0.3 is 10.0 Å². The Kier molecular flexibility index (Phi) is 7.62. The number of hydrogen-bond donors (Lipinski definition) is 1. The lowest BCUT2D eigenvalue weighted by molar-refractivity contribution is 0.111. The van der Waals surface area contributed by atoms with E-state index in [0.29, 0.717) is 18.5 Å². The Bertz CT molecular complexity index is 937. The summed E-state index contributed by atoms with van der Waals surface area (Å²) >= 11 is 0. The first-order valence-corrected chi connectivity index (χ1v) is 11.8. The molecule has 1 aliphatic heterocycles. The summed E-state index contributed by atoms with van der Waals surface area (Å²) in [6.45, 7) is 5.16. The van der Waals surface area contributed by atoms with Crippen LogP contribution in [0.15, 0.2) is 65.6 Å². The number of hydrogen-bond acceptors (Lipinski definition) is 6. The maximum atomic E-state index is 13.6. The zero-order valence-electron chi connectivity index (χ0n) is 17.2. The van der Waals surface area contributed by atoms with Crippen molar-refractivity contribution in [3.05, 3.63) is 66.2 Å². The molecule has 0 aromatic heterocycles. The van der Waals surface area contributed by atoms with Gasteiger partial charge in [-0.15, -0.1) is 0 Å². The van der Waals surface area contributed by atoms with Gasteiger partial charge >= 0.3 is 0 Å². The van der Waals surface area contributed by atoms with Crippen LogP contribution in [0.3, 0.4) is 0 Å². The highest BCUT2D eigenvalue weighted by atomic mass is 32.2. The molecule has 0 amide bonds. The Morgan fingerprint density at radius 3 is 1.97 bits per heavy atom. The smallest absolute Gasteiger partial charge is 0.201 e. The molecular weight excluding hydrogens is 398 g/mol. The molecule has 1 unspecified atom stereocenters. The number of β-amino-alcohol motifs (C(OH)–C–C–N with tert-alkyl or cyclic N) is 1. The highest BCUT2D eigenvalue weighted by Gasteiger charge is 2.46. The Labute approximate surface area is 179 Å². The maximum absolute atomic E-state index is 13.6. The van der Waals surface area contributed by atoms with E-state index < -0.39 is 14.6 Å². The molecule has 2 aromatic rings. The molecule has 1 saturated heterocycles. The molecule has 6 nitrogen and oxygen atoms in total. The van der Waals surface area contributed by atoms with Crippen LogP contribution in [0.25, 0.3) is 0 Å². The van der Waals surface area contributed by atoms with Gasteiger partial charge in [0.05, 0.1) is 17.6 Å². The summed E-state index contributed by atoms with van der Waals surface area (Å²) in [7, 11) is -3.90. The summed E-state index contributed by atoms with van der Waals surface area (Å²) in [6.07, 6.45) is 0.843. The SMILES string of the molecule is N#CC(CCCN1CCN(CCO)CC1)(c1ccccc1)S(=O)(=O)c1ccccc1. The van der Waals surface area contributed by atoms with Crippen molar-refractivity contribution in [3.63, 3.8) is 0 Å². The number of aliphatic hydroxyl groups excluding tert-OH is 1. The number of piperazine rings is 1. The highest BCUT2D eigenvalue weighted by Crippen LogP contribution is 2.39. The average Bonchev–Trinajstić information content (AvgIpc) is 2.79. The minimum Gasteiger partial charge on any atom is -0.395 e. The van der Waals surface area contributed by atoms with E-state index in [1.165, 1.54) is 0 Å². The summed E-state index contributed by atoms with van der Waals surface area (Å²) in [5.41, 5.74) is 0.518. The minimum atomic E-state index is -3.90. The molecule has 0 spiro atoms. The molecule has 3 rings (SSSR count). The third-order valence-electron chi connectivity index (χ3n) is 5.82. The van der Waals surface area contributed by atoms with Gasteiger partial charge in [0, 0.05) is 32.7 Å². The van der Waals surface area contributed by atoms with Gasteiger partial charge in [-0.05, 0) is 37.1 Å². The summed E-state index contributed by atoms with van der Waals surface area (Å²) in [5.74, 6) is 0. The summed E-state index contributed by atoms with van der Waals surface area (Å²) < 4.78 is 25.6. The predicted molar refractivity (Wildman–Crippen MR) is 117 cm³/mol. The summed E-state index contributed by atoms with van der Waals surface area (Å²) in [6, 6.07) is 19.3. The maximum Gasteiger partial charge on any atom is 0.201 e. The molecule has 7 heteroatoms.